The summed E-state index contributed by atoms with van der Waals surface area (Å²) in [5.41, 5.74) is 13.6. The first-order valence-corrected chi connectivity index (χ1v) is 12.7. The molecule has 0 unspecified atom stereocenters. The number of benzene rings is 2. The highest BCUT2D eigenvalue weighted by Gasteiger charge is 2.34. The zero-order valence-corrected chi connectivity index (χ0v) is 21.6. The maximum absolute atomic E-state index is 14.0. The highest BCUT2D eigenvalue weighted by molar-refractivity contribution is 7.09. The minimum Gasteiger partial charge on any atom is -0.395 e. The molecule has 0 saturated heterocycles. The first-order valence-electron chi connectivity index (χ1n) is 11.9. The Balaban J connectivity index is 1.79. The summed E-state index contributed by atoms with van der Waals surface area (Å²) >= 11 is 0.782. The summed E-state index contributed by atoms with van der Waals surface area (Å²) in [6.45, 7) is 0.761. The van der Waals surface area contributed by atoms with Crippen LogP contribution in [0.4, 0.5) is 5.69 Å². The molecular weight excluding hydrogens is 504 g/mol. The Morgan fingerprint density at radius 2 is 1.89 bits per heavy atom. The summed E-state index contributed by atoms with van der Waals surface area (Å²) in [5.74, 6) is -1.74. The van der Waals surface area contributed by atoms with Crippen molar-refractivity contribution in [3.63, 3.8) is 0 Å². The van der Waals surface area contributed by atoms with Crippen LogP contribution in [0.1, 0.15) is 37.3 Å². The maximum atomic E-state index is 14.0. The number of rotatable bonds is 11. The van der Waals surface area contributed by atoms with Crippen molar-refractivity contribution < 1.29 is 19.1 Å². The lowest BCUT2D eigenvalue weighted by Gasteiger charge is -2.31. The van der Waals surface area contributed by atoms with Gasteiger partial charge in [-0.2, -0.15) is 4.37 Å². The molecule has 11 heteroatoms. The van der Waals surface area contributed by atoms with Crippen LogP contribution < -0.4 is 16.8 Å². The number of methoxy groups -OCH3 is 1. The van der Waals surface area contributed by atoms with Crippen LogP contribution in [0.15, 0.2) is 66.9 Å². The molecular formula is C27H28N6O4S. The quantitative estimate of drug-likeness (QED) is 0.251. The number of fused-ring (bicyclic) bond motifs is 1. The number of nitrogens with one attached hydrogen (secondary N) is 1. The molecule has 4 rings (SSSR count). The molecule has 0 aliphatic carbocycles. The van der Waals surface area contributed by atoms with Crippen molar-refractivity contribution in [2.45, 2.75) is 12.5 Å². The number of nitrogens with zero attached hydrogens (tertiary/aromatic N) is 3. The number of aromatic nitrogens is 2. The van der Waals surface area contributed by atoms with Crippen LogP contribution in [0.25, 0.3) is 10.9 Å². The topological polar surface area (TPSA) is 154 Å². The molecule has 2 heterocycles. The average Bonchev–Trinajstić information content (AvgIpc) is 3.32. The van der Waals surface area contributed by atoms with Gasteiger partial charge >= 0.3 is 0 Å². The number of carbonyl (C=O) groups excluding carboxylic acids is 3. The summed E-state index contributed by atoms with van der Waals surface area (Å²) < 4.78 is 9.07. The molecule has 3 amide bonds. The molecule has 0 aliphatic heterocycles. The number of pyridine rings is 1. The lowest BCUT2D eigenvalue weighted by molar-refractivity contribution is -0.126. The number of ether oxygens (including phenoxy) is 1. The second-order valence-electron chi connectivity index (χ2n) is 8.51. The molecule has 2 aromatic heterocycles. The van der Waals surface area contributed by atoms with E-state index in [0.29, 0.717) is 18.6 Å². The fourth-order valence-corrected chi connectivity index (χ4v) is 4.87. The van der Waals surface area contributed by atoms with Gasteiger partial charge in [-0.3, -0.25) is 19.4 Å². The van der Waals surface area contributed by atoms with Crippen molar-refractivity contribution in [2.24, 2.45) is 5.73 Å². The SMILES string of the molecule is COCCNC(=O)[C@@H](c1ccc2ncccc2c1)N(CCc1ccccc1)C(=O)c1snc(C(N)=O)c1N. The molecule has 0 fully saturated rings. The van der Waals surface area contributed by atoms with Crippen molar-refractivity contribution in [2.75, 3.05) is 32.5 Å². The van der Waals surface area contributed by atoms with Crippen LogP contribution in [0.3, 0.4) is 0 Å². The van der Waals surface area contributed by atoms with Gasteiger partial charge in [0.05, 0.1) is 17.8 Å². The number of hydrogen-bond acceptors (Lipinski definition) is 8. The van der Waals surface area contributed by atoms with Crippen molar-refractivity contribution in [1.29, 1.82) is 0 Å². The molecule has 0 radical (unpaired) electrons. The van der Waals surface area contributed by atoms with Crippen molar-refractivity contribution in [1.82, 2.24) is 19.6 Å². The van der Waals surface area contributed by atoms with E-state index in [1.165, 1.54) is 4.90 Å². The number of hydrogen-bond donors (Lipinski definition) is 3. The van der Waals surface area contributed by atoms with Gasteiger partial charge in [0, 0.05) is 31.8 Å². The van der Waals surface area contributed by atoms with Crippen LogP contribution >= 0.6 is 11.5 Å². The van der Waals surface area contributed by atoms with Gasteiger partial charge in [-0.25, -0.2) is 0 Å². The van der Waals surface area contributed by atoms with E-state index in [9.17, 15) is 14.4 Å². The number of amides is 3. The first-order chi connectivity index (χ1) is 18.4. The van der Waals surface area contributed by atoms with E-state index in [2.05, 4.69) is 14.7 Å². The van der Waals surface area contributed by atoms with Crippen molar-refractivity contribution >= 4 is 45.8 Å². The zero-order valence-electron chi connectivity index (χ0n) is 20.8. The van der Waals surface area contributed by atoms with Crippen molar-refractivity contribution in [3.8, 4) is 0 Å². The van der Waals surface area contributed by atoms with E-state index in [0.717, 1.165) is 28.0 Å². The summed E-state index contributed by atoms with van der Waals surface area (Å²) in [6.07, 6.45) is 2.17. The zero-order chi connectivity index (χ0) is 27.1. The standard InChI is InChI=1S/C27H28N6O4S/c1-37-15-13-31-26(35)23(19-9-10-20-18(16-19)8-5-12-30-20)33(14-11-17-6-3-2-4-7-17)27(36)24-21(28)22(25(29)34)32-38-24/h2-10,12,16,23H,11,13-15,28H2,1H3,(H2,29,34)(H,31,35)/t23-/m1/s1. The Kier molecular flexibility index (Phi) is 8.62. The minimum absolute atomic E-state index is 0.0454. The highest BCUT2D eigenvalue weighted by Crippen LogP contribution is 2.30. The normalized spacial score (nSPS) is 11.7. The van der Waals surface area contributed by atoms with E-state index < -0.39 is 17.9 Å². The molecule has 0 spiro atoms. The predicted molar refractivity (Wildman–Crippen MR) is 146 cm³/mol. The van der Waals surface area contributed by atoms with Crippen LogP contribution in [0.5, 0.6) is 0 Å². The van der Waals surface area contributed by atoms with Gasteiger partial charge in [-0.1, -0.05) is 42.5 Å². The molecule has 1 atom stereocenters. The van der Waals surface area contributed by atoms with Gasteiger partial charge < -0.3 is 26.4 Å². The minimum atomic E-state index is -1.01. The molecule has 10 nitrogen and oxygen atoms in total. The van der Waals surface area contributed by atoms with Gasteiger partial charge in [-0.05, 0) is 47.3 Å². The van der Waals surface area contributed by atoms with Crippen LogP contribution in [0.2, 0.25) is 0 Å². The molecule has 38 heavy (non-hydrogen) atoms. The number of carbonyl (C=O) groups is 3. The Bertz CT molecular complexity index is 1440. The molecule has 5 N–H and O–H groups in total. The lowest BCUT2D eigenvalue weighted by atomic mass is 10.00. The van der Waals surface area contributed by atoms with Crippen LogP contribution in [-0.4, -0.2) is 58.8 Å². The van der Waals surface area contributed by atoms with E-state index in [-0.39, 0.29) is 35.3 Å². The summed E-state index contributed by atoms with van der Waals surface area (Å²) in [4.78, 5) is 45.2. The number of nitrogens with two attached hydrogens (primary N) is 2. The van der Waals surface area contributed by atoms with E-state index >= 15 is 0 Å². The smallest absolute Gasteiger partial charge is 0.270 e. The van der Waals surface area contributed by atoms with Gasteiger partial charge in [0.2, 0.25) is 5.91 Å². The van der Waals surface area contributed by atoms with Gasteiger partial charge in [0.1, 0.15) is 10.9 Å². The Labute approximate surface area is 223 Å². The Morgan fingerprint density at radius 3 is 2.61 bits per heavy atom. The fraction of sp³-hybridized carbons (Fsp3) is 0.222. The second-order valence-corrected chi connectivity index (χ2v) is 9.29. The monoisotopic (exact) mass is 532 g/mol. The first kappa shape index (κ1) is 26.7. The molecule has 0 bridgehead atoms. The van der Waals surface area contributed by atoms with Gasteiger partial charge in [-0.15, -0.1) is 0 Å². The van der Waals surface area contributed by atoms with Crippen LogP contribution in [-0.2, 0) is 16.0 Å². The van der Waals surface area contributed by atoms with Crippen molar-refractivity contribution in [3.05, 3.63) is 88.6 Å². The average molecular weight is 533 g/mol. The lowest BCUT2D eigenvalue weighted by Crippen LogP contribution is -2.45. The second kappa shape index (κ2) is 12.3. The fourth-order valence-electron chi connectivity index (χ4n) is 4.11. The molecule has 196 valence electrons. The molecule has 2 aromatic carbocycles. The molecule has 4 aromatic rings. The summed E-state index contributed by atoms with van der Waals surface area (Å²) in [7, 11) is 1.54. The summed E-state index contributed by atoms with van der Waals surface area (Å²) in [6, 6.07) is 17.8. The summed E-state index contributed by atoms with van der Waals surface area (Å²) in [5, 5.41) is 3.68. The highest BCUT2D eigenvalue weighted by atomic mass is 32.1. The molecule has 0 saturated carbocycles. The van der Waals surface area contributed by atoms with E-state index in [1.54, 1.807) is 19.4 Å². The number of primary amides is 1. The Morgan fingerprint density at radius 1 is 1.11 bits per heavy atom. The molecule has 0 aliphatic rings. The third-order valence-corrected chi connectivity index (χ3v) is 6.86. The van der Waals surface area contributed by atoms with Gasteiger partial charge in [0.25, 0.3) is 11.8 Å². The third kappa shape index (κ3) is 5.96. The largest absolute Gasteiger partial charge is 0.395 e. The third-order valence-electron chi connectivity index (χ3n) is 6.01. The van der Waals surface area contributed by atoms with E-state index in [1.807, 2.05) is 54.6 Å². The van der Waals surface area contributed by atoms with Gasteiger partial charge in [0.15, 0.2) is 5.69 Å². The maximum Gasteiger partial charge on any atom is 0.270 e. The predicted octanol–water partition coefficient (Wildman–Crippen LogP) is 2.56. The van der Waals surface area contributed by atoms with E-state index in [4.69, 9.17) is 16.2 Å². The number of nitrogen functional groups attached to an aromatic ring is 1. The Hall–Kier alpha value is -4.35. The number of anilines is 1. The van der Waals surface area contributed by atoms with Crippen LogP contribution in [0, 0.1) is 0 Å².